The lowest BCUT2D eigenvalue weighted by Gasteiger charge is -2.32. The number of halogens is 3. The normalized spacial score (nSPS) is 20.1. The Bertz CT molecular complexity index is 1260. The number of urea groups is 1. The van der Waals surface area contributed by atoms with Crippen molar-refractivity contribution in [3.8, 4) is 0 Å². The Labute approximate surface area is 199 Å². The van der Waals surface area contributed by atoms with Crippen molar-refractivity contribution >= 4 is 17.8 Å². The first-order chi connectivity index (χ1) is 16.6. The number of fused-ring (bicyclic) bond motifs is 1. The van der Waals surface area contributed by atoms with Crippen LogP contribution in [0.1, 0.15) is 28.3 Å². The molecule has 2 aromatic rings. The Morgan fingerprint density at radius 3 is 2.46 bits per heavy atom. The second-order valence-corrected chi connectivity index (χ2v) is 8.88. The van der Waals surface area contributed by atoms with E-state index in [1.807, 2.05) is 24.3 Å². The molecule has 0 aliphatic carbocycles. The zero-order valence-electron chi connectivity index (χ0n) is 18.9. The van der Waals surface area contributed by atoms with Gasteiger partial charge < -0.3 is 15.1 Å². The number of carbonyl (C=O) groups is 3. The van der Waals surface area contributed by atoms with E-state index in [0.717, 1.165) is 11.6 Å². The van der Waals surface area contributed by atoms with E-state index in [0.29, 0.717) is 25.2 Å². The topological polar surface area (TPSA) is 73.0 Å². The van der Waals surface area contributed by atoms with Crippen LogP contribution in [-0.2, 0) is 28.7 Å². The molecule has 35 heavy (non-hydrogen) atoms. The van der Waals surface area contributed by atoms with Crippen LogP contribution in [0.2, 0.25) is 0 Å². The summed E-state index contributed by atoms with van der Waals surface area (Å²) < 4.78 is 41.1. The Hall–Kier alpha value is -3.82. The average Bonchev–Trinajstić information content (AvgIpc) is 3.16. The zero-order chi connectivity index (χ0) is 24.9. The molecule has 4 amide bonds. The Morgan fingerprint density at radius 2 is 1.71 bits per heavy atom. The number of hydrogen-bond donors (Lipinski definition) is 1. The highest BCUT2D eigenvalue weighted by molar-refractivity contribution is 6.03. The largest absolute Gasteiger partial charge is 0.416 e. The van der Waals surface area contributed by atoms with Crippen molar-refractivity contribution in [2.45, 2.75) is 25.2 Å². The molecule has 0 radical (unpaired) electrons. The molecule has 0 aromatic heterocycles. The lowest BCUT2D eigenvalue weighted by molar-refractivity contribution is -0.139. The van der Waals surface area contributed by atoms with Crippen molar-refractivity contribution in [2.75, 3.05) is 26.7 Å². The number of amides is 4. The lowest BCUT2D eigenvalue weighted by atomic mass is 9.92. The van der Waals surface area contributed by atoms with Gasteiger partial charge in [-0.3, -0.25) is 14.5 Å². The minimum absolute atomic E-state index is 0.0288. The molecular weight excluding hydrogens is 461 g/mol. The monoisotopic (exact) mass is 484 g/mol. The van der Waals surface area contributed by atoms with Gasteiger partial charge in [-0.2, -0.15) is 13.2 Å². The van der Waals surface area contributed by atoms with Crippen LogP contribution in [0.25, 0.3) is 0 Å². The van der Waals surface area contributed by atoms with Crippen LogP contribution in [-0.4, -0.2) is 59.2 Å². The van der Waals surface area contributed by atoms with Crippen molar-refractivity contribution in [3.05, 3.63) is 82.1 Å². The number of likely N-dealkylation sites (N-methyl/N-ethyl adjacent to an activating group) is 1. The maximum atomic E-state index is 13.7. The van der Waals surface area contributed by atoms with Gasteiger partial charge in [0, 0.05) is 20.1 Å². The van der Waals surface area contributed by atoms with E-state index >= 15 is 0 Å². The fourth-order valence-corrected chi connectivity index (χ4v) is 4.96. The quantitative estimate of drug-likeness (QED) is 0.728. The third-order valence-corrected chi connectivity index (χ3v) is 6.82. The summed E-state index contributed by atoms with van der Waals surface area (Å²) in [7, 11) is 1.46. The van der Waals surface area contributed by atoms with Crippen LogP contribution in [0.15, 0.2) is 59.8 Å². The van der Waals surface area contributed by atoms with Gasteiger partial charge in [-0.05, 0) is 29.2 Å². The van der Waals surface area contributed by atoms with E-state index in [4.69, 9.17) is 0 Å². The molecule has 0 saturated carbocycles. The SMILES string of the molecule is CN1C(=O)N[C@H](c2ccccc2C(F)(F)F)C2=C1CN(CC(=O)N1CCc3ccccc3C1)C2=O. The van der Waals surface area contributed by atoms with Crippen LogP contribution in [0.3, 0.4) is 0 Å². The first-order valence-electron chi connectivity index (χ1n) is 11.2. The highest BCUT2D eigenvalue weighted by Crippen LogP contribution is 2.41. The second-order valence-electron chi connectivity index (χ2n) is 8.88. The summed E-state index contributed by atoms with van der Waals surface area (Å²) in [6.07, 6.45) is -3.95. The third-order valence-electron chi connectivity index (χ3n) is 6.82. The van der Waals surface area contributed by atoms with Gasteiger partial charge in [0.25, 0.3) is 5.91 Å². The molecule has 1 N–H and O–H groups in total. The number of alkyl halides is 3. The molecule has 3 aliphatic rings. The molecule has 10 heteroatoms. The Balaban J connectivity index is 1.40. The molecule has 1 atom stereocenters. The Morgan fingerprint density at radius 1 is 1.03 bits per heavy atom. The van der Waals surface area contributed by atoms with Gasteiger partial charge in [0.2, 0.25) is 5.91 Å². The van der Waals surface area contributed by atoms with E-state index < -0.39 is 29.7 Å². The summed E-state index contributed by atoms with van der Waals surface area (Å²) >= 11 is 0. The van der Waals surface area contributed by atoms with Gasteiger partial charge in [-0.25, -0.2) is 4.79 Å². The van der Waals surface area contributed by atoms with Crippen molar-refractivity contribution in [2.24, 2.45) is 0 Å². The molecule has 0 unspecified atom stereocenters. The summed E-state index contributed by atoms with van der Waals surface area (Å²) in [5.74, 6) is -0.804. The standard InChI is InChI=1S/C25H23F3N4O3/c1-30-19-13-32(14-20(33)31-11-10-15-6-2-3-7-16(15)12-31)23(34)21(19)22(29-24(30)35)17-8-4-5-9-18(17)25(26,27)28/h2-9,22H,10-14H2,1H3,(H,29,35)/t22-/m1/s1. The molecule has 2 aromatic carbocycles. The average molecular weight is 484 g/mol. The van der Waals surface area contributed by atoms with Crippen molar-refractivity contribution < 1.29 is 27.6 Å². The van der Waals surface area contributed by atoms with Crippen LogP contribution in [0.5, 0.6) is 0 Å². The van der Waals surface area contributed by atoms with Gasteiger partial charge in [0.1, 0.15) is 6.54 Å². The summed E-state index contributed by atoms with van der Waals surface area (Å²) in [6.45, 7) is 0.709. The molecule has 0 bridgehead atoms. The highest BCUT2D eigenvalue weighted by atomic mass is 19.4. The highest BCUT2D eigenvalue weighted by Gasteiger charge is 2.46. The summed E-state index contributed by atoms with van der Waals surface area (Å²) in [4.78, 5) is 43.2. The maximum Gasteiger partial charge on any atom is 0.416 e. The van der Waals surface area contributed by atoms with E-state index in [1.54, 1.807) is 4.90 Å². The number of nitrogens with one attached hydrogen (secondary N) is 1. The van der Waals surface area contributed by atoms with E-state index in [9.17, 15) is 27.6 Å². The Kier molecular flexibility index (Phi) is 5.53. The van der Waals surface area contributed by atoms with Gasteiger partial charge in [-0.15, -0.1) is 0 Å². The first-order valence-corrected chi connectivity index (χ1v) is 11.2. The number of rotatable bonds is 3. The smallest absolute Gasteiger partial charge is 0.336 e. The predicted molar refractivity (Wildman–Crippen MR) is 120 cm³/mol. The number of nitrogens with zero attached hydrogens (tertiary/aromatic N) is 3. The van der Waals surface area contributed by atoms with Gasteiger partial charge in [-0.1, -0.05) is 42.5 Å². The molecule has 7 nitrogen and oxygen atoms in total. The lowest BCUT2D eigenvalue weighted by Crippen LogP contribution is -2.45. The first kappa shape index (κ1) is 22.9. The summed E-state index contributed by atoms with van der Waals surface area (Å²) in [5, 5.41) is 2.53. The second kappa shape index (κ2) is 8.44. The predicted octanol–water partition coefficient (Wildman–Crippen LogP) is 3.08. The van der Waals surface area contributed by atoms with Crippen molar-refractivity contribution in [3.63, 3.8) is 0 Å². The van der Waals surface area contributed by atoms with Gasteiger partial charge in [0.05, 0.1) is 29.4 Å². The van der Waals surface area contributed by atoms with Gasteiger partial charge >= 0.3 is 12.2 Å². The maximum absolute atomic E-state index is 13.7. The molecule has 182 valence electrons. The molecular formula is C25H23F3N4O3. The zero-order valence-corrected chi connectivity index (χ0v) is 18.9. The minimum atomic E-state index is -4.66. The van der Waals surface area contributed by atoms with Crippen LogP contribution in [0.4, 0.5) is 18.0 Å². The number of carbonyl (C=O) groups excluding carboxylic acids is 3. The van der Waals surface area contributed by atoms with Crippen LogP contribution < -0.4 is 5.32 Å². The van der Waals surface area contributed by atoms with Crippen molar-refractivity contribution in [1.82, 2.24) is 20.0 Å². The van der Waals surface area contributed by atoms with E-state index in [-0.39, 0.29) is 30.1 Å². The summed E-state index contributed by atoms with van der Waals surface area (Å²) in [5.41, 5.74) is 1.47. The molecule has 5 rings (SSSR count). The van der Waals surface area contributed by atoms with E-state index in [1.165, 1.54) is 40.6 Å². The van der Waals surface area contributed by atoms with Gasteiger partial charge in [0.15, 0.2) is 0 Å². The number of benzene rings is 2. The third kappa shape index (κ3) is 4.02. The summed E-state index contributed by atoms with van der Waals surface area (Å²) in [6, 6.07) is 10.9. The molecule has 0 saturated heterocycles. The fraction of sp³-hybridized carbons (Fsp3) is 0.320. The number of hydrogen-bond acceptors (Lipinski definition) is 3. The molecule has 3 heterocycles. The van der Waals surface area contributed by atoms with Crippen LogP contribution in [0, 0.1) is 0 Å². The molecule has 3 aliphatic heterocycles. The fourth-order valence-electron chi connectivity index (χ4n) is 4.96. The minimum Gasteiger partial charge on any atom is -0.336 e. The van der Waals surface area contributed by atoms with E-state index in [2.05, 4.69) is 5.32 Å². The van der Waals surface area contributed by atoms with Crippen molar-refractivity contribution in [1.29, 1.82) is 0 Å². The molecule has 0 fully saturated rings. The van der Waals surface area contributed by atoms with Crippen LogP contribution >= 0.6 is 0 Å². The molecule has 0 spiro atoms.